The summed E-state index contributed by atoms with van der Waals surface area (Å²) in [7, 11) is 0. The largest absolute Gasteiger partial charge is 0.318 e. The van der Waals surface area contributed by atoms with Gasteiger partial charge in [0.1, 0.15) is 0 Å². The maximum atomic E-state index is 14.1. The summed E-state index contributed by atoms with van der Waals surface area (Å²) in [6.45, 7) is -3.74. The van der Waals surface area contributed by atoms with E-state index in [1.165, 1.54) is 0 Å². The second-order valence-electron chi connectivity index (χ2n) is 4.94. The quantitative estimate of drug-likeness (QED) is 0.134. The molecule has 0 aliphatic carbocycles. The van der Waals surface area contributed by atoms with Crippen LogP contribution in [0.5, 0.6) is 0 Å². The minimum absolute atomic E-state index is 0.319. The van der Waals surface area contributed by atoms with Crippen LogP contribution in [0.4, 0.5) is 43.9 Å². The maximum Gasteiger partial charge on any atom is 0.318 e. The maximum absolute atomic E-state index is 14.1. The molecular formula is C10H6F10I3N3. The number of aliphatic imine (C=N–C) groups is 2. The van der Waals surface area contributed by atoms with E-state index in [9.17, 15) is 43.9 Å². The SMILES string of the molecule is FC(F)N1C(I)=NC(C(F)(F)CC(F)(F)I)=NC1C(F)(F)CC(F)(F)I. The van der Waals surface area contributed by atoms with Crippen molar-refractivity contribution in [3.05, 3.63) is 0 Å². The first-order chi connectivity index (χ1) is 11.4. The third-order valence-corrected chi connectivity index (χ3v) is 4.25. The Hall–Kier alpha value is 0.630. The van der Waals surface area contributed by atoms with Crippen molar-refractivity contribution in [3.63, 3.8) is 0 Å². The van der Waals surface area contributed by atoms with Crippen molar-refractivity contribution in [3.8, 4) is 0 Å². The van der Waals surface area contributed by atoms with Crippen LogP contribution in [0.15, 0.2) is 9.98 Å². The van der Waals surface area contributed by atoms with E-state index in [4.69, 9.17) is 0 Å². The highest BCUT2D eigenvalue weighted by atomic mass is 127. The first-order valence-corrected chi connectivity index (χ1v) is 9.37. The van der Waals surface area contributed by atoms with E-state index < -0.39 is 59.8 Å². The van der Waals surface area contributed by atoms with E-state index in [0.717, 1.165) is 22.6 Å². The van der Waals surface area contributed by atoms with Gasteiger partial charge < -0.3 is 0 Å². The number of amidine groups is 2. The van der Waals surface area contributed by atoms with Crippen LogP contribution in [-0.2, 0) is 0 Å². The zero-order valence-corrected chi connectivity index (χ0v) is 18.3. The lowest BCUT2D eigenvalue weighted by molar-refractivity contribution is -0.135. The average Bonchev–Trinajstić information content (AvgIpc) is 2.31. The molecule has 1 unspecified atom stereocenters. The predicted octanol–water partition coefficient (Wildman–Crippen LogP) is 6.15. The van der Waals surface area contributed by atoms with Crippen molar-refractivity contribution < 1.29 is 43.9 Å². The fourth-order valence-corrected chi connectivity index (χ4v) is 3.49. The zero-order chi connectivity index (χ0) is 20.7. The number of halogens is 13. The van der Waals surface area contributed by atoms with Gasteiger partial charge in [-0.2, -0.15) is 35.1 Å². The minimum atomic E-state index is -4.69. The van der Waals surface area contributed by atoms with E-state index in [1.54, 1.807) is 0 Å². The van der Waals surface area contributed by atoms with Gasteiger partial charge in [0.15, 0.2) is 15.8 Å². The number of hydrogen-bond acceptors (Lipinski definition) is 3. The molecule has 1 rings (SSSR count). The summed E-state index contributed by atoms with van der Waals surface area (Å²) >= 11 is 1.57. The zero-order valence-electron chi connectivity index (χ0n) is 11.8. The van der Waals surface area contributed by atoms with Gasteiger partial charge in [-0.15, -0.1) is 0 Å². The first kappa shape index (κ1) is 24.7. The molecule has 1 atom stereocenters. The Balaban J connectivity index is 3.39. The number of rotatable bonds is 7. The van der Waals surface area contributed by atoms with Crippen molar-refractivity contribution >= 4 is 77.5 Å². The van der Waals surface area contributed by atoms with Crippen molar-refractivity contribution in [1.29, 1.82) is 0 Å². The molecule has 0 aromatic heterocycles. The molecule has 0 aromatic rings. The minimum Gasteiger partial charge on any atom is -0.266 e. The molecule has 0 saturated heterocycles. The molecule has 152 valence electrons. The van der Waals surface area contributed by atoms with Gasteiger partial charge in [-0.25, -0.2) is 18.8 Å². The number of nitrogens with zero attached hydrogens (tertiary/aromatic N) is 3. The second kappa shape index (κ2) is 8.17. The van der Waals surface area contributed by atoms with Crippen LogP contribution in [-0.4, -0.2) is 47.0 Å². The summed E-state index contributed by atoms with van der Waals surface area (Å²) < 4.78 is 124. The van der Waals surface area contributed by atoms with E-state index in [2.05, 4.69) is 9.98 Å². The normalized spacial score (nSPS) is 20.4. The molecule has 0 aromatic carbocycles. The molecule has 0 spiro atoms. The van der Waals surface area contributed by atoms with E-state index in [1.807, 2.05) is 0 Å². The van der Waals surface area contributed by atoms with Crippen molar-refractivity contribution in [1.82, 2.24) is 4.90 Å². The average molecular weight is 739 g/mol. The molecule has 0 fully saturated rings. The topological polar surface area (TPSA) is 28.0 Å². The monoisotopic (exact) mass is 739 g/mol. The molecule has 1 heterocycles. The Kier molecular flexibility index (Phi) is 7.75. The van der Waals surface area contributed by atoms with Gasteiger partial charge in [-0.3, -0.25) is 4.90 Å². The van der Waals surface area contributed by atoms with Gasteiger partial charge in [-0.1, -0.05) is 0 Å². The first-order valence-electron chi connectivity index (χ1n) is 6.14. The molecule has 0 radical (unpaired) electrons. The van der Waals surface area contributed by atoms with Gasteiger partial charge in [0.2, 0.25) is 0 Å². The van der Waals surface area contributed by atoms with Crippen LogP contribution >= 0.6 is 67.8 Å². The Morgan fingerprint density at radius 2 is 1.38 bits per heavy atom. The standard InChI is InChI=1S/C10H6F10I3N3/c11-5(12)26-4(8(15,16)2-10(19,20)23)24-3(25-6(26)21)7(13,14)1-9(17,18)22/h4-5H,1-2H2. The van der Waals surface area contributed by atoms with Crippen LogP contribution in [0.25, 0.3) is 0 Å². The highest BCUT2D eigenvalue weighted by Gasteiger charge is 2.56. The molecular weight excluding hydrogens is 733 g/mol. The van der Waals surface area contributed by atoms with E-state index >= 15 is 0 Å². The Morgan fingerprint density at radius 1 is 0.923 bits per heavy atom. The van der Waals surface area contributed by atoms with Gasteiger partial charge in [0.25, 0.3) is 5.92 Å². The fourth-order valence-electron chi connectivity index (χ4n) is 1.80. The van der Waals surface area contributed by atoms with Crippen LogP contribution in [0, 0.1) is 0 Å². The summed E-state index contributed by atoms with van der Waals surface area (Å²) in [4.78, 5) is 5.00. The Bertz CT molecular complexity index is 584. The van der Waals surface area contributed by atoms with Crippen LogP contribution in [0.2, 0.25) is 0 Å². The third-order valence-electron chi connectivity index (χ3n) is 2.69. The molecule has 1 aliphatic heterocycles. The van der Waals surface area contributed by atoms with Gasteiger partial charge >= 0.3 is 20.3 Å². The fraction of sp³-hybridized carbons (Fsp3) is 0.800. The third kappa shape index (κ3) is 6.90. The summed E-state index contributed by atoms with van der Waals surface area (Å²) in [5.41, 5.74) is 0. The van der Waals surface area contributed by atoms with Crippen LogP contribution < -0.4 is 0 Å². The van der Waals surface area contributed by atoms with Gasteiger partial charge in [-0.05, 0) is 67.8 Å². The van der Waals surface area contributed by atoms with E-state index in [-0.39, 0.29) is 0 Å². The summed E-state index contributed by atoms with van der Waals surface area (Å²) in [5, 5.41) is 0. The highest BCUT2D eigenvalue weighted by Crippen LogP contribution is 2.43. The summed E-state index contributed by atoms with van der Waals surface area (Å²) in [6.07, 6.45) is -7.65. The van der Waals surface area contributed by atoms with Crippen molar-refractivity contribution in [2.45, 2.75) is 45.3 Å². The van der Waals surface area contributed by atoms with Gasteiger partial charge in [0.05, 0.1) is 12.8 Å². The number of hydrogen-bond donors (Lipinski definition) is 0. The highest BCUT2D eigenvalue weighted by molar-refractivity contribution is 14.1. The van der Waals surface area contributed by atoms with Gasteiger partial charge in [0, 0.05) is 0 Å². The molecule has 0 N–H and O–H groups in total. The molecule has 0 saturated carbocycles. The van der Waals surface area contributed by atoms with E-state index in [0.29, 0.717) is 45.2 Å². The summed E-state index contributed by atoms with van der Waals surface area (Å²) in [5.74, 6) is -11.1. The molecule has 26 heavy (non-hydrogen) atoms. The van der Waals surface area contributed by atoms with Crippen molar-refractivity contribution in [2.75, 3.05) is 0 Å². The second-order valence-corrected chi connectivity index (χ2v) is 9.06. The Labute approximate surface area is 180 Å². The predicted molar refractivity (Wildman–Crippen MR) is 97.6 cm³/mol. The lowest BCUT2D eigenvalue weighted by Gasteiger charge is -2.37. The van der Waals surface area contributed by atoms with Crippen LogP contribution in [0.1, 0.15) is 12.8 Å². The molecule has 3 nitrogen and oxygen atoms in total. The molecule has 1 aliphatic rings. The lowest BCUT2D eigenvalue weighted by atomic mass is 10.1. The smallest absolute Gasteiger partial charge is 0.266 e. The Morgan fingerprint density at radius 3 is 1.77 bits per heavy atom. The lowest BCUT2D eigenvalue weighted by Crippen LogP contribution is -2.55. The van der Waals surface area contributed by atoms with Crippen LogP contribution in [0.3, 0.4) is 0 Å². The number of alkyl halides is 12. The molecule has 0 amide bonds. The molecule has 16 heteroatoms. The van der Waals surface area contributed by atoms with Crippen molar-refractivity contribution in [2.24, 2.45) is 9.98 Å². The summed E-state index contributed by atoms with van der Waals surface area (Å²) in [6, 6.07) is 0. The molecule has 0 bridgehead atoms.